The molecule has 0 saturated heterocycles. The predicted octanol–water partition coefficient (Wildman–Crippen LogP) is 4.71. The van der Waals surface area contributed by atoms with Crippen molar-refractivity contribution in [2.45, 2.75) is 6.92 Å². The highest BCUT2D eigenvalue weighted by molar-refractivity contribution is 9.10. The molecule has 0 spiro atoms. The molecular weight excluding hydrogens is 351 g/mol. The summed E-state index contributed by atoms with van der Waals surface area (Å²) in [5, 5.41) is 3.31. The second-order valence-corrected chi connectivity index (χ2v) is 5.42. The first-order chi connectivity index (χ1) is 8.99. The van der Waals surface area contributed by atoms with Crippen LogP contribution in [-0.2, 0) is 0 Å². The predicted molar refractivity (Wildman–Crippen MR) is 81.1 cm³/mol. The van der Waals surface area contributed by atoms with Gasteiger partial charge in [0.1, 0.15) is 4.60 Å². The third-order valence-electron chi connectivity index (χ3n) is 2.47. The Morgan fingerprint density at radius 1 is 1.37 bits per heavy atom. The van der Waals surface area contributed by atoms with Crippen LogP contribution in [0.3, 0.4) is 0 Å². The van der Waals surface area contributed by atoms with Gasteiger partial charge in [-0.2, -0.15) is 0 Å². The number of aryl methyl sites for hydroxylation is 1. The molecule has 6 heteroatoms. The molecule has 0 saturated carbocycles. The lowest BCUT2D eigenvalue weighted by Crippen LogP contribution is -2.13. The van der Waals surface area contributed by atoms with Crippen molar-refractivity contribution in [1.29, 1.82) is 0 Å². The number of rotatable bonds is 2. The highest BCUT2D eigenvalue weighted by Gasteiger charge is 2.13. The zero-order chi connectivity index (χ0) is 14.0. The number of aromatic nitrogens is 1. The molecule has 0 fully saturated rings. The Bertz CT molecular complexity index is 647. The monoisotopic (exact) mass is 358 g/mol. The fourth-order valence-corrected chi connectivity index (χ4v) is 2.11. The normalized spacial score (nSPS) is 10.3. The standard InChI is InChI=1S/C13H9BrCl2N2O/c1-7-5-8(6-17-12(7)14)18-13(19)9-3-2-4-10(15)11(9)16/h2-6H,1H3,(H,18,19). The topological polar surface area (TPSA) is 42.0 Å². The third-order valence-corrected chi connectivity index (χ3v) is 4.12. The van der Waals surface area contributed by atoms with Gasteiger partial charge in [-0.15, -0.1) is 0 Å². The average Bonchev–Trinajstić information content (AvgIpc) is 2.37. The second-order valence-electron chi connectivity index (χ2n) is 3.89. The van der Waals surface area contributed by atoms with Crippen LogP contribution in [0.4, 0.5) is 5.69 Å². The molecule has 2 rings (SSSR count). The van der Waals surface area contributed by atoms with Crippen molar-refractivity contribution >= 4 is 50.7 Å². The summed E-state index contributed by atoms with van der Waals surface area (Å²) in [5.74, 6) is -0.323. The van der Waals surface area contributed by atoms with E-state index in [2.05, 4.69) is 26.2 Å². The van der Waals surface area contributed by atoms with E-state index in [-0.39, 0.29) is 10.9 Å². The van der Waals surface area contributed by atoms with Gasteiger partial charge < -0.3 is 5.32 Å². The molecule has 0 bridgehead atoms. The van der Waals surface area contributed by atoms with Crippen molar-refractivity contribution in [1.82, 2.24) is 4.98 Å². The summed E-state index contributed by atoms with van der Waals surface area (Å²) in [6, 6.07) is 6.73. The van der Waals surface area contributed by atoms with Crippen LogP contribution in [0.2, 0.25) is 10.0 Å². The Morgan fingerprint density at radius 3 is 2.79 bits per heavy atom. The van der Waals surface area contributed by atoms with Crippen molar-refractivity contribution in [3.63, 3.8) is 0 Å². The number of halogens is 3. The molecular formula is C13H9BrCl2N2O. The number of benzene rings is 1. The summed E-state index contributed by atoms with van der Waals surface area (Å²) in [4.78, 5) is 16.2. The molecule has 0 aliphatic rings. The van der Waals surface area contributed by atoms with Crippen LogP contribution < -0.4 is 5.32 Å². The third kappa shape index (κ3) is 3.26. The number of nitrogens with one attached hydrogen (secondary N) is 1. The molecule has 3 nitrogen and oxygen atoms in total. The summed E-state index contributed by atoms with van der Waals surface area (Å²) in [6.07, 6.45) is 1.56. The van der Waals surface area contributed by atoms with Gasteiger partial charge in [0.05, 0.1) is 27.5 Å². The lowest BCUT2D eigenvalue weighted by molar-refractivity contribution is 0.102. The van der Waals surface area contributed by atoms with Gasteiger partial charge in [-0.1, -0.05) is 29.3 Å². The molecule has 98 valence electrons. The van der Waals surface area contributed by atoms with Crippen molar-refractivity contribution in [2.24, 2.45) is 0 Å². The summed E-state index contributed by atoms with van der Waals surface area (Å²) in [5.41, 5.74) is 1.85. The van der Waals surface area contributed by atoms with Gasteiger partial charge in [0, 0.05) is 0 Å². The van der Waals surface area contributed by atoms with Crippen LogP contribution in [0.1, 0.15) is 15.9 Å². The largest absolute Gasteiger partial charge is 0.321 e. The van der Waals surface area contributed by atoms with E-state index in [1.807, 2.05) is 13.0 Å². The maximum absolute atomic E-state index is 12.1. The highest BCUT2D eigenvalue weighted by Crippen LogP contribution is 2.26. The van der Waals surface area contributed by atoms with Crippen LogP contribution in [-0.4, -0.2) is 10.9 Å². The Morgan fingerprint density at radius 2 is 2.11 bits per heavy atom. The Labute approximate surface area is 129 Å². The van der Waals surface area contributed by atoms with E-state index in [0.717, 1.165) is 10.2 Å². The number of nitrogens with zero attached hydrogens (tertiary/aromatic N) is 1. The van der Waals surface area contributed by atoms with E-state index in [1.54, 1.807) is 24.4 Å². The minimum absolute atomic E-state index is 0.239. The van der Waals surface area contributed by atoms with Gasteiger partial charge in [-0.05, 0) is 46.6 Å². The first-order valence-corrected chi connectivity index (χ1v) is 6.91. The molecule has 2 aromatic rings. The summed E-state index contributed by atoms with van der Waals surface area (Å²) in [6.45, 7) is 1.89. The van der Waals surface area contributed by atoms with E-state index in [1.165, 1.54) is 0 Å². The van der Waals surface area contributed by atoms with E-state index >= 15 is 0 Å². The molecule has 1 aromatic carbocycles. The lowest BCUT2D eigenvalue weighted by atomic mass is 10.2. The Kier molecular flexibility index (Phi) is 4.45. The summed E-state index contributed by atoms with van der Waals surface area (Å²) >= 11 is 15.2. The molecule has 0 unspecified atom stereocenters. The van der Waals surface area contributed by atoms with Crippen LogP contribution >= 0.6 is 39.1 Å². The summed E-state index contributed by atoms with van der Waals surface area (Å²) in [7, 11) is 0. The van der Waals surface area contributed by atoms with E-state index < -0.39 is 0 Å². The molecule has 0 atom stereocenters. The Hall–Kier alpha value is -1.10. The van der Waals surface area contributed by atoms with E-state index in [4.69, 9.17) is 23.2 Å². The number of carbonyl (C=O) groups is 1. The maximum atomic E-state index is 12.1. The first-order valence-electron chi connectivity index (χ1n) is 5.36. The molecule has 19 heavy (non-hydrogen) atoms. The fraction of sp³-hybridized carbons (Fsp3) is 0.0769. The summed E-state index contributed by atoms with van der Waals surface area (Å²) < 4.78 is 0.742. The fourth-order valence-electron chi connectivity index (χ4n) is 1.50. The van der Waals surface area contributed by atoms with Crippen molar-refractivity contribution < 1.29 is 4.79 Å². The van der Waals surface area contributed by atoms with Crippen LogP contribution in [0.25, 0.3) is 0 Å². The first kappa shape index (κ1) is 14.3. The number of pyridine rings is 1. The van der Waals surface area contributed by atoms with Crippen LogP contribution in [0, 0.1) is 6.92 Å². The molecule has 1 amide bonds. The number of hydrogen-bond acceptors (Lipinski definition) is 2. The molecule has 1 N–H and O–H groups in total. The van der Waals surface area contributed by atoms with Crippen LogP contribution in [0.5, 0.6) is 0 Å². The van der Waals surface area contributed by atoms with Gasteiger partial charge in [-0.3, -0.25) is 4.79 Å². The SMILES string of the molecule is Cc1cc(NC(=O)c2cccc(Cl)c2Cl)cnc1Br. The minimum Gasteiger partial charge on any atom is -0.321 e. The zero-order valence-corrected chi connectivity index (χ0v) is 13.0. The van der Waals surface area contributed by atoms with Crippen LogP contribution in [0.15, 0.2) is 35.1 Å². The smallest absolute Gasteiger partial charge is 0.257 e. The number of amides is 1. The van der Waals surface area contributed by atoms with Crippen molar-refractivity contribution in [3.8, 4) is 0 Å². The average molecular weight is 360 g/mol. The van der Waals surface area contributed by atoms with E-state index in [0.29, 0.717) is 16.3 Å². The van der Waals surface area contributed by atoms with Gasteiger partial charge >= 0.3 is 0 Å². The lowest BCUT2D eigenvalue weighted by Gasteiger charge is -2.08. The number of hydrogen-bond donors (Lipinski definition) is 1. The number of anilines is 1. The van der Waals surface area contributed by atoms with Gasteiger partial charge in [0.2, 0.25) is 0 Å². The quantitative estimate of drug-likeness (QED) is 0.789. The van der Waals surface area contributed by atoms with Crippen molar-refractivity contribution in [3.05, 3.63) is 56.2 Å². The molecule has 1 heterocycles. The zero-order valence-electron chi connectivity index (χ0n) is 9.88. The maximum Gasteiger partial charge on any atom is 0.257 e. The minimum atomic E-state index is -0.323. The highest BCUT2D eigenvalue weighted by atomic mass is 79.9. The van der Waals surface area contributed by atoms with Gasteiger partial charge in [-0.25, -0.2) is 4.98 Å². The van der Waals surface area contributed by atoms with E-state index in [9.17, 15) is 4.79 Å². The molecule has 0 aliphatic heterocycles. The Balaban J connectivity index is 2.26. The molecule has 1 aromatic heterocycles. The number of carbonyl (C=O) groups excluding carboxylic acids is 1. The molecule has 0 aliphatic carbocycles. The second kappa shape index (κ2) is 5.90. The van der Waals surface area contributed by atoms with Crippen molar-refractivity contribution in [2.75, 3.05) is 5.32 Å². The van der Waals surface area contributed by atoms with Gasteiger partial charge in [0.15, 0.2) is 0 Å². The van der Waals surface area contributed by atoms with Gasteiger partial charge in [0.25, 0.3) is 5.91 Å². The molecule has 0 radical (unpaired) electrons.